The Morgan fingerprint density at radius 2 is 2.00 bits per heavy atom. The normalized spacial score (nSPS) is 14.1. The van der Waals surface area contributed by atoms with Crippen molar-refractivity contribution in [2.24, 2.45) is 7.05 Å². The zero-order chi connectivity index (χ0) is 19.0. The van der Waals surface area contributed by atoms with Gasteiger partial charge in [-0.05, 0) is 18.2 Å². The summed E-state index contributed by atoms with van der Waals surface area (Å²) in [5.74, 6) is 1.33. The molecule has 0 spiro atoms. The van der Waals surface area contributed by atoms with E-state index < -0.39 is 0 Å². The standard InChI is InChI=1S/C18H17N5O4/c1-22-15(24)8-7-13(20-22)18(25)23-9-11(10-23)17-19-16(21-27-17)12-5-3-4-6-14(12)26-2/h3-8,11H,9-10H2,1-2H3. The first-order chi connectivity index (χ1) is 13.1. The van der Waals surface area contributed by atoms with Crippen molar-refractivity contribution in [3.05, 3.63) is 58.3 Å². The van der Waals surface area contributed by atoms with Gasteiger partial charge in [0.2, 0.25) is 11.7 Å². The van der Waals surface area contributed by atoms with Crippen molar-refractivity contribution >= 4 is 5.91 Å². The number of hydrogen-bond donors (Lipinski definition) is 0. The van der Waals surface area contributed by atoms with E-state index in [0.29, 0.717) is 30.6 Å². The van der Waals surface area contributed by atoms with Crippen LogP contribution in [0.3, 0.4) is 0 Å². The van der Waals surface area contributed by atoms with E-state index in [0.717, 1.165) is 10.2 Å². The van der Waals surface area contributed by atoms with Gasteiger partial charge in [0.25, 0.3) is 11.5 Å². The summed E-state index contributed by atoms with van der Waals surface area (Å²) in [6.45, 7) is 0.911. The van der Waals surface area contributed by atoms with Crippen LogP contribution in [0.4, 0.5) is 0 Å². The van der Waals surface area contributed by atoms with Gasteiger partial charge in [0.1, 0.15) is 11.4 Å². The third-order valence-corrected chi connectivity index (χ3v) is 4.49. The predicted octanol–water partition coefficient (Wildman–Crippen LogP) is 1.08. The number of methoxy groups -OCH3 is 1. The van der Waals surface area contributed by atoms with Gasteiger partial charge < -0.3 is 14.2 Å². The highest BCUT2D eigenvalue weighted by atomic mass is 16.5. The van der Waals surface area contributed by atoms with Gasteiger partial charge in [-0.1, -0.05) is 17.3 Å². The monoisotopic (exact) mass is 367 g/mol. The highest BCUT2D eigenvalue weighted by Crippen LogP contribution is 2.31. The van der Waals surface area contributed by atoms with E-state index in [-0.39, 0.29) is 23.1 Å². The Morgan fingerprint density at radius 1 is 1.22 bits per heavy atom. The number of benzene rings is 1. The first-order valence-corrected chi connectivity index (χ1v) is 8.37. The SMILES string of the molecule is COc1ccccc1-c1noc(C2CN(C(=O)c3ccc(=O)n(C)n3)C2)n1. The molecular formula is C18H17N5O4. The summed E-state index contributed by atoms with van der Waals surface area (Å²) in [5.41, 5.74) is 0.718. The highest BCUT2D eigenvalue weighted by Gasteiger charge is 2.36. The summed E-state index contributed by atoms with van der Waals surface area (Å²) in [4.78, 5) is 29.9. The number of aromatic nitrogens is 4. The maximum Gasteiger partial charge on any atom is 0.274 e. The first-order valence-electron chi connectivity index (χ1n) is 8.37. The number of nitrogens with zero attached hydrogens (tertiary/aromatic N) is 5. The molecule has 27 heavy (non-hydrogen) atoms. The Hall–Kier alpha value is -3.49. The minimum atomic E-state index is -0.261. The number of amides is 1. The molecule has 0 radical (unpaired) electrons. The Kier molecular flexibility index (Phi) is 4.19. The van der Waals surface area contributed by atoms with Gasteiger partial charge in [-0.2, -0.15) is 10.1 Å². The second kappa shape index (κ2) is 6.67. The Balaban J connectivity index is 1.45. The third kappa shape index (κ3) is 3.07. The van der Waals surface area contributed by atoms with E-state index in [1.807, 2.05) is 24.3 Å². The van der Waals surface area contributed by atoms with E-state index in [9.17, 15) is 9.59 Å². The smallest absolute Gasteiger partial charge is 0.274 e. The maximum absolute atomic E-state index is 12.4. The van der Waals surface area contributed by atoms with Crippen LogP contribution in [0.2, 0.25) is 0 Å². The van der Waals surface area contributed by atoms with E-state index in [4.69, 9.17) is 9.26 Å². The number of aryl methyl sites for hydroxylation is 1. The average Bonchev–Trinajstić information content (AvgIpc) is 3.12. The Morgan fingerprint density at radius 3 is 2.74 bits per heavy atom. The summed E-state index contributed by atoms with van der Waals surface area (Å²) < 4.78 is 11.8. The summed E-state index contributed by atoms with van der Waals surface area (Å²) in [5, 5.41) is 8.01. The number of hydrogen-bond acceptors (Lipinski definition) is 7. The quantitative estimate of drug-likeness (QED) is 0.680. The molecule has 1 aromatic carbocycles. The van der Waals surface area contributed by atoms with Crippen molar-refractivity contribution in [3.63, 3.8) is 0 Å². The van der Waals surface area contributed by atoms with Gasteiger partial charge in [0.05, 0.1) is 18.6 Å². The highest BCUT2D eigenvalue weighted by molar-refractivity contribution is 5.92. The van der Waals surface area contributed by atoms with Crippen LogP contribution in [-0.2, 0) is 7.05 Å². The molecule has 3 aromatic rings. The van der Waals surface area contributed by atoms with Crippen molar-refractivity contribution < 1.29 is 14.1 Å². The molecule has 0 atom stereocenters. The molecule has 0 saturated carbocycles. The molecule has 1 aliphatic rings. The van der Waals surface area contributed by atoms with E-state index in [1.54, 1.807) is 12.0 Å². The molecule has 1 saturated heterocycles. The number of carbonyl (C=O) groups is 1. The van der Waals surface area contributed by atoms with Gasteiger partial charge in [-0.25, -0.2) is 4.68 Å². The van der Waals surface area contributed by atoms with Crippen LogP contribution in [0, 0.1) is 0 Å². The second-order valence-electron chi connectivity index (χ2n) is 6.24. The molecular weight excluding hydrogens is 350 g/mol. The lowest BCUT2D eigenvalue weighted by Crippen LogP contribution is -2.49. The maximum atomic E-state index is 12.4. The molecule has 0 bridgehead atoms. The van der Waals surface area contributed by atoms with Crippen LogP contribution < -0.4 is 10.3 Å². The number of rotatable bonds is 4. The van der Waals surface area contributed by atoms with Gasteiger partial charge in [-0.15, -0.1) is 0 Å². The molecule has 4 rings (SSSR count). The molecule has 1 aliphatic heterocycles. The predicted molar refractivity (Wildman–Crippen MR) is 94.4 cm³/mol. The third-order valence-electron chi connectivity index (χ3n) is 4.49. The molecule has 1 fully saturated rings. The molecule has 0 N–H and O–H groups in total. The van der Waals surface area contributed by atoms with Gasteiger partial charge >= 0.3 is 0 Å². The summed E-state index contributed by atoms with van der Waals surface area (Å²) in [6.07, 6.45) is 0. The average molecular weight is 367 g/mol. The first kappa shape index (κ1) is 17.0. The van der Waals surface area contributed by atoms with Crippen molar-refractivity contribution in [3.8, 4) is 17.1 Å². The van der Waals surface area contributed by atoms with Crippen molar-refractivity contribution in [1.82, 2.24) is 24.8 Å². The molecule has 2 aromatic heterocycles. The van der Waals surface area contributed by atoms with E-state index in [1.165, 1.54) is 19.2 Å². The molecule has 1 amide bonds. The molecule has 9 heteroatoms. The summed E-state index contributed by atoms with van der Waals surface area (Å²) >= 11 is 0. The van der Waals surface area contributed by atoms with Crippen LogP contribution in [0.5, 0.6) is 5.75 Å². The zero-order valence-corrected chi connectivity index (χ0v) is 14.8. The fourth-order valence-electron chi connectivity index (χ4n) is 2.92. The van der Waals surface area contributed by atoms with Gasteiger partial charge in [0.15, 0.2) is 0 Å². The minimum absolute atomic E-state index is 0.0301. The van der Waals surface area contributed by atoms with E-state index in [2.05, 4.69) is 15.2 Å². The summed E-state index contributed by atoms with van der Waals surface area (Å²) in [6, 6.07) is 10.2. The molecule has 0 aliphatic carbocycles. The molecule has 138 valence electrons. The molecule has 3 heterocycles. The van der Waals surface area contributed by atoms with Crippen molar-refractivity contribution in [1.29, 1.82) is 0 Å². The fraction of sp³-hybridized carbons (Fsp3) is 0.278. The van der Waals surface area contributed by atoms with Crippen LogP contribution >= 0.6 is 0 Å². The van der Waals surface area contributed by atoms with Crippen molar-refractivity contribution in [2.75, 3.05) is 20.2 Å². The lowest BCUT2D eigenvalue weighted by Gasteiger charge is -2.36. The van der Waals surface area contributed by atoms with Crippen LogP contribution in [-0.4, -0.2) is 50.9 Å². The number of carbonyl (C=O) groups excluding carboxylic acids is 1. The molecule has 9 nitrogen and oxygen atoms in total. The van der Waals surface area contributed by atoms with Crippen molar-refractivity contribution in [2.45, 2.75) is 5.92 Å². The van der Waals surface area contributed by atoms with Crippen LogP contribution in [0.1, 0.15) is 22.3 Å². The number of likely N-dealkylation sites (tertiary alicyclic amines) is 1. The molecule has 0 unspecified atom stereocenters. The van der Waals surface area contributed by atoms with E-state index >= 15 is 0 Å². The van der Waals surface area contributed by atoms with Gasteiger partial charge in [0, 0.05) is 26.2 Å². The Labute approximate surface area is 154 Å². The largest absolute Gasteiger partial charge is 0.496 e. The second-order valence-corrected chi connectivity index (χ2v) is 6.24. The minimum Gasteiger partial charge on any atom is -0.496 e. The zero-order valence-electron chi connectivity index (χ0n) is 14.8. The van der Waals surface area contributed by atoms with Crippen LogP contribution in [0.25, 0.3) is 11.4 Å². The Bertz CT molecular complexity index is 1050. The lowest BCUT2D eigenvalue weighted by molar-refractivity contribution is 0.0560. The topological polar surface area (TPSA) is 103 Å². The summed E-state index contributed by atoms with van der Waals surface area (Å²) in [7, 11) is 3.10. The number of para-hydroxylation sites is 1. The number of ether oxygens (including phenoxy) is 1. The fourth-order valence-corrected chi connectivity index (χ4v) is 2.92. The lowest BCUT2D eigenvalue weighted by atomic mass is 9.99. The van der Waals surface area contributed by atoms with Crippen LogP contribution in [0.15, 0.2) is 45.7 Å². The van der Waals surface area contributed by atoms with Gasteiger partial charge in [-0.3, -0.25) is 9.59 Å².